The van der Waals surface area contributed by atoms with Crippen molar-refractivity contribution in [3.8, 4) is 0 Å². The third kappa shape index (κ3) is 2.77. The van der Waals surface area contributed by atoms with Crippen LogP contribution in [0.1, 0.15) is 29.2 Å². The van der Waals surface area contributed by atoms with Crippen LogP contribution < -0.4 is 5.32 Å². The maximum absolute atomic E-state index is 13.7. The molecule has 0 fully saturated rings. The molecule has 0 aromatic heterocycles. The van der Waals surface area contributed by atoms with E-state index in [1.54, 1.807) is 24.3 Å². The van der Waals surface area contributed by atoms with Crippen molar-refractivity contribution in [2.45, 2.75) is 18.9 Å². The summed E-state index contributed by atoms with van der Waals surface area (Å²) in [5.41, 5.74) is 2.17. The van der Waals surface area contributed by atoms with E-state index in [4.69, 9.17) is 11.6 Å². The van der Waals surface area contributed by atoms with Gasteiger partial charge in [0.05, 0.1) is 5.69 Å². The molecule has 1 unspecified atom stereocenters. The van der Waals surface area contributed by atoms with Crippen LogP contribution in [0.15, 0.2) is 36.4 Å². The molecule has 3 rings (SSSR count). The molecule has 1 amide bonds. The highest BCUT2D eigenvalue weighted by atomic mass is 35.5. The van der Waals surface area contributed by atoms with Crippen molar-refractivity contribution in [1.29, 1.82) is 0 Å². The molecule has 108 valence electrons. The average molecular weight is 306 g/mol. The number of aliphatic hydroxyl groups is 1. The number of hydrogen-bond acceptors (Lipinski definition) is 2. The van der Waals surface area contributed by atoms with Crippen molar-refractivity contribution in [1.82, 2.24) is 0 Å². The molecular formula is C16H13ClFNO2. The summed E-state index contributed by atoms with van der Waals surface area (Å²) in [4.78, 5) is 11.6. The van der Waals surface area contributed by atoms with Gasteiger partial charge < -0.3 is 10.4 Å². The van der Waals surface area contributed by atoms with Crippen molar-refractivity contribution < 1.29 is 14.3 Å². The molecule has 2 aromatic rings. The summed E-state index contributed by atoms with van der Waals surface area (Å²) >= 11 is 5.82. The van der Waals surface area contributed by atoms with Gasteiger partial charge in [-0.1, -0.05) is 23.7 Å². The van der Waals surface area contributed by atoms with Gasteiger partial charge in [0, 0.05) is 17.0 Å². The maximum Gasteiger partial charge on any atom is 0.224 e. The second kappa shape index (κ2) is 5.47. The first kappa shape index (κ1) is 14.0. The Kier molecular flexibility index (Phi) is 3.66. The maximum atomic E-state index is 13.7. The van der Waals surface area contributed by atoms with Crippen LogP contribution in [0.5, 0.6) is 0 Å². The Morgan fingerprint density at radius 1 is 1.19 bits per heavy atom. The molecule has 0 saturated heterocycles. The summed E-state index contributed by atoms with van der Waals surface area (Å²) < 4.78 is 13.7. The standard InChI is InChI=1S/C16H13ClFNO2/c17-11-4-1-9(2-5-11)16(21)13-8-12(18)7-10-3-6-14(20)19-15(10)13/h1-2,4-5,7-8,16,21H,3,6H2,(H,19,20). The molecule has 21 heavy (non-hydrogen) atoms. The van der Waals surface area contributed by atoms with Crippen LogP contribution in [0.4, 0.5) is 10.1 Å². The monoisotopic (exact) mass is 305 g/mol. The molecule has 0 spiro atoms. The lowest BCUT2D eigenvalue weighted by molar-refractivity contribution is -0.116. The van der Waals surface area contributed by atoms with Crippen molar-refractivity contribution in [2.75, 3.05) is 5.32 Å². The van der Waals surface area contributed by atoms with Gasteiger partial charge in [0.2, 0.25) is 5.91 Å². The van der Waals surface area contributed by atoms with Gasteiger partial charge in [0.1, 0.15) is 11.9 Å². The zero-order valence-electron chi connectivity index (χ0n) is 11.1. The second-order valence-electron chi connectivity index (χ2n) is 5.03. The van der Waals surface area contributed by atoms with Crippen molar-refractivity contribution in [2.24, 2.45) is 0 Å². The first-order chi connectivity index (χ1) is 10.0. The molecule has 3 nitrogen and oxygen atoms in total. The highest BCUT2D eigenvalue weighted by Crippen LogP contribution is 2.35. The first-order valence-corrected chi connectivity index (χ1v) is 6.98. The van der Waals surface area contributed by atoms with Crippen LogP contribution in [0.2, 0.25) is 5.02 Å². The smallest absolute Gasteiger partial charge is 0.224 e. The zero-order chi connectivity index (χ0) is 15.0. The average Bonchev–Trinajstić information content (AvgIpc) is 2.47. The largest absolute Gasteiger partial charge is 0.384 e. The van der Waals surface area contributed by atoms with Gasteiger partial charge in [-0.05, 0) is 41.8 Å². The fraction of sp³-hybridized carbons (Fsp3) is 0.188. The number of aryl methyl sites for hydroxylation is 1. The van der Waals surface area contributed by atoms with Crippen LogP contribution >= 0.6 is 11.6 Å². The SMILES string of the molecule is O=C1CCc2cc(F)cc(C(O)c3ccc(Cl)cc3)c2N1. The van der Waals surface area contributed by atoms with E-state index in [1.807, 2.05) is 0 Å². The lowest BCUT2D eigenvalue weighted by Crippen LogP contribution is -2.21. The predicted octanol–water partition coefficient (Wildman–Crippen LogP) is 3.45. The number of hydrogen-bond donors (Lipinski definition) is 2. The normalized spacial score (nSPS) is 15.3. The van der Waals surface area contributed by atoms with Crippen molar-refractivity contribution in [3.05, 3.63) is 63.9 Å². The van der Waals surface area contributed by atoms with Gasteiger partial charge >= 0.3 is 0 Å². The number of rotatable bonds is 2. The minimum absolute atomic E-state index is 0.126. The predicted molar refractivity (Wildman–Crippen MR) is 78.9 cm³/mol. The van der Waals surface area contributed by atoms with Gasteiger partial charge in [-0.15, -0.1) is 0 Å². The van der Waals surface area contributed by atoms with Crippen molar-refractivity contribution >= 4 is 23.2 Å². The summed E-state index contributed by atoms with van der Waals surface area (Å²) in [5, 5.41) is 13.8. The Labute approximate surface area is 126 Å². The number of benzene rings is 2. The number of anilines is 1. The van der Waals surface area contributed by atoms with E-state index < -0.39 is 11.9 Å². The highest BCUT2D eigenvalue weighted by molar-refractivity contribution is 6.30. The molecule has 1 atom stereocenters. The molecule has 1 aliphatic heterocycles. The minimum atomic E-state index is -1.02. The summed E-state index contributed by atoms with van der Waals surface area (Å²) in [5.74, 6) is -0.549. The fourth-order valence-corrected chi connectivity index (χ4v) is 2.65. The summed E-state index contributed by atoms with van der Waals surface area (Å²) in [6, 6.07) is 9.31. The quantitative estimate of drug-likeness (QED) is 0.893. The first-order valence-electron chi connectivity index (χ1n) is 6.60. The van der Waals surface area contributed by atoms with Crippen LogP contribution in [0.3, 0.4) is 0 Å². The van der Waals surface area contributed by atoms with Gasteiger partial charge in [-0.2, -0.15) is 0 Å². The van der Waals surface area contributed by atoms with Gasteiger partial charge in [0.25, 0.3) is 0 Å². The van der Waals surface area contributed by atoms with Crippen LogP contribution in [-0.2, 0) is 11.2 Å². The minimum Gasteiger partial charge on any atom is -0.384 e. The highest BCUT2D eigenvalue weighted by Gasteiger charge is 2.23. The molecule has 2 N–H and O–H groups in total. The molecule has 0 radical (unpaired) electrons. The topological polar surface area (TPSA) is 49.3 Å². The van der Waals surface area contributed by atoms with Crippen molar-refractivity contribution in [3.63, 3.8) is 0 Å². The van der Waals surface area contributed by atoms with E-state index >= 15 is 0 Å². The van der Waals surface area contributed by atoms with Gasteiger partial charge in [0.15, 0.2) is 0 Å². The number of carbonyl (C=O) groups excluding carboxylic acids is 1. The van der Waals surface area contributed by atoms with Crippen LogP contribution in [0.25, 0.3) is 0 Å². The van der Waals surface area contributed by atoms with E-state index in [0.717, 1.165) is 0 Å². The number of fused-ring (bicyclic) bond motifs is 1. The van der Waals surface area contributed by atoms with E-state index in [1.165, 1.54) is 12.1 Å². The summed E-state index contributed by atoms with van der Waals surface area (Å²) in [6.45, 7) is 0. The lowest BCUT2D eigenvalue weighted by atomic mass is 9.93. The molecule has 2 aromatic carbocycles. The second-order valence-corrected chi connectivity index (χ2v) is 5.47. The number of carbonyl (C=O) groups is 1. The summed E-state index contributed by atoms with van der Waals surface area (Å²) in [7, 11) is 0. The third-order valence-electron chi connectivity index (χ3n) is 3.58. The van der Waals surface area contributed by atoms with Crippen LogP contribution in [-0.4, -0.2) is 11.0 Å². The zero-order valence-corrected chi connectivity index (χ0v) is 11.8. The van der Waals surface area contributed by atoms with Gasteiger partial charge in [-0.25, -0.2) is 4.39 Å². The molecule has 1 heterocycles. The number of halogens is 2. The molecular weight excluding hydrogens is 293 g/mol. The Morgan fingerprint density at radius 3 is 2.62 bits per heavy atom. The Bertz CT molecular complexity index is 700. The molecule has 5 heteroatoms. The van der Waals surface area contributed by atoms with E-state index in [2.05, 4.69) is 5.32 Å². The molecule has 1 aliphatic rings. The fourth-order valence-electron chi connectivity index (χ4n) is 2.53. The lowest BCUT2D eigenvalue weighted by Gasteiger charge is -2.23. The Morgan fingerprint density at radius 2 is 1.90 bits per heavy atom. The molecule has 0 saturated carbocycles. The summed E-state index contributed by atoms with van der Waals surface area (Å²) in [6.07, 6.45) is -0.225. The number of aliphatic hydroxyl groups excluding tert-OH is 1. The van der Waals surface area contributed by atoms with Gasteiger partial charge in [-0.3, -0.25) is 4.79 Å². The molecule has 0 aliphatic carbocycles. The number of amides is 1. The van der Waals surface area contributed by atoms with E-state index in [0.29, 0.717) is 40.2 Å². The Hall–Kier alpha value is -1.91. The van der Waals surface area contributed by atoms with E-state index in [9.17, 15) is 14.3 Å². The Balaban J connectivity index is 2.07. The molecule has 0 bridgehead atoms. The third-order valence-corrected chi connectivity index (χ3v) is 3.83. The van der Waals surface area contributed by atoms with Crippen LogP contribution in [0, 0.1) is 5.82 Å². The number of nitrogens with one attached hydrogen (secondary N) is 1. The van der Waals surface area contributed by atoms with E-state index in [-0.39, 0.29) is 5.91 Å².